The molecule has 0 aliphatic rings. The van der Waals surface area contributed by atoms with Gasteiger partial charge in [-0.15, -0.1) is 0 Å². The summed E-state index contributed by atoms with van der Waals surface area (Å²) in [4.78, 5) is 15.2. The van der Waals surface area contributed by atoms with Crippen LogP contribution in [0.2, 0.25) is 0 Å². The highest BCUT2D eigenvalue weighted by molar-refractivity contribution is 5.88. The molecule has 0 spiro atoms. The van der Waals surface area contributed by atoms with Gasteiger partial charge in [0.15, 0.2) is 0 Å². The molecule has 0 bridgehead atoms. The molecule has 1 amide bonds. The fourth-order valence-corrected chi connectivity index (χ4v) is 2.51. The topological polar surface area (TPSA) is 54.1 Å². The summed E-state index contributed by atoms with van der Waals surface area (Å²) in [6.07, 6.45) is 2.27. The number of para-hydroxylation sites is 1. The Morgan fingerprint density at radius 2 is 1.91 bits per heavy atom. The number of carbonyl (C=O) groups excluding carboxylic acids is 1. The summed E-state index contributed by atoms with van der Waals surface area (Å²) in [5, 5.41) is 3.99. The number of nitrogens with one attached hydrogen (secondary N) is 2. The number of aryl methyl sites for hydroxylation is 1. The molecule has 0 radical (unpaired) electrons. The molecule has 3 rings (SSSR count). The highest BCUT2D eigenvalue weighted by atomic mass is 16.5. The van der Waals surface area contributed by atoms with E-state index in [2.05, 4.69) is 10.3 Å². The van der Waals surface area contributed by atoms with Crippen molar-refractivity contribution in [1.82, 2.24) is 10.3 Å². The maximum absolute atomic E-state index is 12.0. The highest BCUT2D eigenvalue weighted by Gasteiger charge is 2.08. The van der Waals surface area contributed by atoms with Crippen LogP contribution in [0.3, 0.4) is 0 Å². The molecule has 0 fully saturated rings. The predicted molar refractivity (Wildman–Crippen MR) is 91.7 cm³/mol. The van der Waals surface area contributed by atoms with Crippen molar-refractivity contribution in [3.63, 3.8) is 0 Å². The van der Waals surface area contributed by atoms with Crippen molar-refractivity contribution in [2.75, 3.05) is 13.2 Å². The molecule has 3 aromatic rings. The van der Waals surface area contributed by atoms with Gasteiger partial charge in [-0.2, -0.15) is 0 Å². The second-order valence-electron chi connectivity index (χ2n) is 5.55. The minimum Gasteiger partial charge on any atom is -0.492 e. The van der Waals surface area contributed by atoms with Crippen LogP contribution in [0.4, 0.5) is 0 Å². The zero-order chi connectivity index (χ0) is 16.1. The summed E-state index contributed by atoms with van der Waals surface area (Å²) < 4.78 is 5.60. The number of benzene rings is 2. The number of aromatic amines is 1. The monoisotopic (exact) mass is 308 g/mol. The van der Waals surface area contributed by atoms with Crippen molar-refractivity contribution in [3.05, 3.63) is 65.9 Å². The first kappa shape index (κ1) is 15.2. The lowest BCUT2D eigenvalue weighted by atomic mass is 10.1. The SMILES string of the molecule is Cc1ccc(OCCNC(=O)Cc2c[nH]c3ccccc23)cc1. The van der Waals surface area contributed by atoms with Crippen molar-refractivity contribution in [1.29, 1.82) is 0 Å². The van der Waals surface area contributed by atoms with E-state index in [1.807, 2.05) is 61.7 Å². The number of hydrogen-bond donors (Lipinski definition) is 2. The minimum atomic E-state index is 0.00209. The average Bonchev–Trinajstić information content (AvgIpc) is 2.96. The lowest BCUT2D eigenvalue weighted by Gasteiger charge is -2.08. The third kappa shape index (κ3) is 3.92. The van der Waals surface area contributed by atoms with E-state index in [0.29, 0.717) is 19.6 Å². The van der Waals surface area contributed by atoms with Crippen LogP contribution in [0.15, 0.2) is 54.7 Å². The number of ether oxygens (including phenoxy) is 1. The number of carbonyl (C=O) groups is 1. The molecule has 0 aliphatic carbocycles. The van der Waals surface area contributed by atoms with Gasteiger partial charge >= 0.3 is 0 Å². The van der Waals surface area contributed by atoms with Crippen molar-refractivity contribution in [2.45, 2.75) is 13.3 Å². The van der Waals surface area contributed by atoms with Crippen molar-refractivity contribution in [3.8, 4) is 5.75 Å². The van der Waals surface area contributed by atoms with Crippen LogP contribution < -0.4 is 10.1 Å². The van der Waals surface area contributed by atoms with E-state index in [0.717, 1.165) is 22.2 Å². The minimum absolute atomic E-state index is 0.00209. The van der Waals surface area contributed by atoms with E-state index in [1.54, 1.807) is 0 Å². The van der Waals surface area contributed by atoms with Crippen LogP contribution in [0.5, 0.6) is 5.75 Å². The van der Waals surface area contributed by atoms with Crippen molar-refractivity contribution in [2.24, 2.45) is 0 Å². The molecule has 1 aromatic heterocycles. The smallest absolute Gasteiger partial charge is 0.224 e. The molecule has 2 aromatic carbocycles. The van der Waals surface area contributed by atoms with Crippen LogP contribution >= 0.6 is 0 Å². The van der Waals surface area contributed by atoms with E-state index in [-0.39, 0.29) is 5.91 Å². The molecule has 0 saturated heterocycles. The first-order chi connectivity index (χ1) is 11.2. The van der Waals surface area contributed by atoms with Crippen LogP contribution in [-0.2, 0) is 11.2 Å². The zero-order valence-corrected chi connectivity index (χ0v) is 13.1. The summed E-state index contributed by atoms with van der Waals surface area (Å²) in [5.74, 6) is 0.823. The van der Waals surface area contributed by atoms with E-state index in [9.17, 15) is 4.79 Å². The zero-order valence-electron chi connectivity index (χ0n) is 13.1. The number of fused-ring (bicyclic) bond motifs is 1. The lowest BCUT2D eigenvalue weighted by Crippen LogP contribution is -2.29. The molecular formula is C19H20N2O2. The standard InChI is InChI=1S/C19H20N2O2/c1-14-6-8-16(9-7-14)23-11-10-20-19(22)12-15-13-21-18-5-3-2-4-17(15)18/h2-9,13,21H,10-12H2,1H3,(H,20,22). The fraction of sp³-hybridized carbons (Fsp3) is 0.211. The maximum Gasteiger partial charge on any atom is 0.224 e. The summed E-state index contributed by atoms with van der Waals surface area (Å²) in [5.41, 5.74) is 3.26. The Bertz CT molecular complexity index is 790. The van der Waals surface area contributed by atoms with Gasteiger partial charge in [0.1, 0.15) is 12.4 Å². The van der Waals surface area contributed by atoms with Crippen LogP contribution in [0.1, 0.15) is 11.1 Å². The predicted octanol–water partition coefficient (Wildman–Crippen LogP) is 3.21. The van der Waals surface area contributed by atoms with Crippen LogP contribution in [-0.4, -0.2) is 24.0 Å². The number of amides is 1. The quantitative estimate of drug-likeness (QED) is 0.687. The third-order valence-electron chi connectivity index (χ3n) is 3.74. The van der Waals surface area contributed by atoms with E-state index in [4.69, 9.17) is 4.74 Å². The average molecular weight is 308 g/mol. The van der Waals surface area contributed by atoms with Crippen molar-refractivity contribution < 1.29 is 9.53 Å². The molecule has 1 heterocycles. The maximum atomic E-state index is 12.0. The Morgan fingerprint density at radius 1 is 1.13 bits per heavy atom. The summed E-state index contributed by atoms with van der Waals surface area (Å²) in [7, 11) is 0. The van der Waals surface area contributed by atoms with Crippen molar-refractivity contribution >= 4 is 16.8 Å². The van der Waals surface area contributed by atoms with E-state index < -0.39 is 0 Å². The number of aromatic nitrogens is 1. The molecule has 4 nitrogen and oxygen atoms in total. The van der Waals surface area contributed by atoms with Gasteiger partial charge in [0.25, 0.3) is 0 Å². The molecule has 0 saturated carbocycles. The summed E-state index contributed by atoms with van der Waals surface area (Å²) in [6, 6.07) is 15.9. The van der Waals surface area contributed by atoms with Gasteiger partial charge in [0.2, 0.25) is 5.91 Å². The van der Waals surface area contributed by atoms with E-state index >= 15 is 0 Å². The van der Waals surface area contributed by atoms with Gasteiger partial charge < -0.3 is 15.0 Å². The van der Waals surface area contributed by atoms with Gasteiger partial charge in [-0.3, -0.25) is 4.79 Å². The van der Waals surface area contributed by atoms with Gasteiger partial charge in [0, 0.05) is 17.1 Å². The van der Waals surface area contributed by atoms with Gasteiger partial charge in [0.05, 0.1) is 13.0 Å². The second kappa shape index (κ2) is 7.01. The van der Waals surface area contributed by atoms with Gasteiger partial charge in [-0.1, -0.05) is 35.9 Å². The Kier molecular flexibility index (Phi) is 4.62. The Morgan fingerprint density at radius 3 is 2.74 bits per heavy atom. The third-order valence-corrected chi connectivity index (χ3v) is 3.74. The molecule has 4 heteroatoms. The molecule has 0 aliphatic heterocycles. The fourth-order valence-electron chi connectivity index (χ4n) is 2.51. The molecule has 0 unspecified atom stereocenters. The second-order valence-corrected chi connectivity index (χ2v) is 5.55. The largest absolute Gasteiger partial charge is 0.492 e. The summed E-state index contributed by atoms with van der Waals surface area (Å²) >= 11 is 0. The first-order valence-corrected chi connectivity index (χ1v) is 7.73. The van der Waals surface area contributed by atoms with Gasteiger partial charge in [-0.05, 0) is 30.7 Å². The molecule has 118 valence electrons. The Labute approximate surface area is 135 Å². The molecule has 23 heavy (non-hydrogen) atoms. The highest BCUT2D eigenvalue weighted by Crippen LogP contribution is 2.17. The normalized spacial score (nSPS) is 10.7. The van der Waals surface area contributed by atoms with Gasteiger partial charge in [-0.25, -0.2) is 0 Å². The summed E-state index contributed by atoms with van der Waals surface area (Å²) in [6.45, 7) is 2.99. The lowest BCUT2D eigenvalue weighted by molar-refractivity contribution is -0.120. The Hall–Kier alpha value is -2.75. The Balaban J connectivity index is 1.45. The van der Waals surface area contributed by atoms with Crippen LogP contribution in [0, 0.1) is 6.92 Å². The molecular weight excluding hydrogens is 288 g/mol. The number of hydrogen-bond acceptors (Lipinski definition) is 2. The number of H-pyrrole nitrogens is 1. The molecule has 0 atom stereocenters. The molecule has 2 N–H and O–H groups in total. The number of rotatable bonds is 6. The first-order valence-electron chi connectivity index (χ1n) is 7.73. The van der Waals surface area contributed by atoms with Crippen LogP contribution in [0.25, 0.3) is 10.9 Å². The van der Waals surface area contributed by atoms with E-state index in [1.165, 1.54) is 5.56 Å².